The van der Waals surface area contributed by atoms with Gasteiger partial charge in [0.2, 0.25) is 5.88 Å². The van der Waals surface area contributed by atoms with Gasteiger partial charge in [0.05, 0.1) is 6.61 Å². The second-order valence-corrected chi connectivity index (χ2v) is 5.80. The number of fused-ring (bicyclic) bond motifs is 1. The number of aromatic nitrogens is 3. The number of aryl methyl sites for hydroxylation is 1. The van der Waals surface area contributed by atoms with Crippen LogP contribution in [0.2, 0.25) is 0 Å². The number of hydrogen-bond donors (Lipinski definition) is 2. The molecule has 0 saturated carbocycles. The molecule has 2 aromatic heterocycles. The lowest BCUT2D eigenvalue weighted by Crippen LogP contribution is -2.07. The zero-order chi connectivity index (χ0) is 15.5. The van der Waals surface area contributed by atoms with E-state index in [1.165, 1.54) is 0 Å². The highest BCUT2D eigenvalue weighted by Gasteiger charge is 2.09. The molecule has 114 valence electrons. The van der Waals surface area contributed by atoms with E-state index < -0.39 is 0 Å². The Kier molecular flexibility index (Phi) is 3.96. The molecule has 0 unspecified atom stereocenters. The first-order chi connectivity index (χ1) is 10.6. The van der Waals surface area contributed by atoms with Gasteiger partial charge in [-0.1, -0.05) is 32.0 Å². The van der Waals surface area contributed by atoms with E-state index in [2.05, 4.69) is 40.4 Å². The molecule has 0 aliphatic heterocycles. The second-order valence-electron chi connectivity index (χ2n) is 5.80. The predicted molar refractivity (Wildman–Crippen MR) is 88.7 cm³/mol. The predicted octanol–water partition coefficient (Wildman–Crippen LogP) is 4.04. The van der Waals surface area contributed by atoms with E-state index in [9.17, 15) is 0 Å². The monoisotopic (exact) mass is 296 g/mol. The fourth-order valence-electron chi connectivity index (χ4n) is 2.20. The quantitative estimate of drug-likeness (QED) is 0.745. The first-order valence-electron chi connectivity index (χ1n) is 7.43. The number of benzene rings is 1. The molecule has 5 nitrogen and oxygen atoms in total. The molecule has 5 heteroatoms. The van der Waals surface area contributed by atoms with Crippen molar-refractivity contribution in [2.45, 2.75) is 20.8 Å². The van der Waals surface area contributed by atoms with Crippen molar-refractivity contribution >= 4 is 22.4 Å². The summed E-state index contributed by atoms with van der Waals surface area (Å²) in [4.78, 5) is 4.59. The molecule has 0 atom stereocenters. The van der Waals surface area contributed by atoms with Crippen molar-refractivity contribution in [3.05, 3.63) is 42.1 Å². The lowest BCUT2D eigenvalue weighted by atomic mass is 10.1. The molecule has 0 aliphatic rings. The summed E-state index contributed by atoms with van der Waals surface area (Å²) in [5.41, 5.74) is 1.000. The SMILES string of the molecule is Cc1cc(Nc2cc3ccccc3c(OCC(C)C)n2)n[nH]1. The van der Waals surface area contributed by atoms with Crippen LogP contribution in [0.25, 0.3) is 10.8 Å². The maximum Gasteiger partial charge on any atom is 0.223 e. The zero-order valence-corrected chi connectivity index (χ0v) is 13.1. The van der Waals surface area contributed by atoms with Crippen molar-refractivity contribution in [3.8, 4) is 5.88 Å². The molecule has 3 aromatic rings. The third-order valence-electron chi connectivity index (χ3n) is 3.22. The van der Waals surface area contributed by atoms with Gasteiger partial charge in [0, 0.05) is 17.1 Å². The summed E-state index contributed by atoms with van der Waals surface area (Å²) in [6.07, 6.45) is 0. The van der Waals surface area contributed by atoms with Crippen LogP contribution in [0.5, 0.6) is 5.88 Å². The number of pyridine rings is 1. The molecule has 0 radical (unpaired) electrons. The van der Waals surface area contributed by atoms with E-state index in [-0.39, 0.29) is 0 Å². The van der Waals surface area contributed by atoms with Crippen LogP contribution in [0.3, 0.4) is 0 Å². The number of aromatic amines is 1. The van der Waals surface area contributed by atoms with Crippen LogP contribution in [0.4, 0.5) is 11.6 Å². The van der Waals surface area contributed by atoms with Crippen LogP contribution < -0.4 is 10.1 Å². The maximum absolute atomic E-state index is 5.88. The van der Waals surface area contributed by atoms with Crippen LogP contribution in [0.15, 0.2) is 36.4 Å². The van der Waals surface area contributed by atoms with E-state index in [1.54, 1.807) is 0 Å². The molecule has 0 amide bonds. The van der Waals surface area contributed by atoms with Crippen LogP contribution in [-0.4, -0.2) is 21.8 Å². The number of hydrogen-bond acceptors (Lipinski definition) is 4. The molecule has 0 aliphatic carbocycles. The molecule has 2 heterocycles. The van der Waals surface area contributed by atoms with Crippen molar-refractivity contribution < 1.29 is 4.74 Å². The average Bonchev–Trinajstić information content (AvgIpc) is 2.90. The van der Waals surface area contributed by atoms with E-state index >= 15 is 0 Å². The van der Waals surface area contributed by atoms with E-state index in [1.807, 2.05) is 37.3 Å². The van der Waals surface area contributed by atoms with E-state index in [0.29, 0.717) is 18.4 Å². The largest absolute Gasteiger partial charge is 0.477 e. The Morgan fingerprint density at radius 2 is 2.00 bits per heavy atom. The lowest BCUT2D eigenvalue weighted by molar-refractivity contribution is 0.265. The van der Waals surface area contributed by atoms with E-state index in [4.69, 9.17) is 4.74 Å². The highest BCUT2D eigenvalue weighted by atomic mass is 16.5. The summed E-state index contributed by atoms with van der Waals surface area (Å²) in [5, 5.41) is 12.4. The van der Waals surface area contributed by atoms with E-state index in [0.717, 1.165) is 28.1 Å². The van der Waals surface area contributed by atoms with Crippen LogP contribution in [0.1, 0.15) is 19.5 Å². The molecule has 1 aromatic carbocycles. The number of H-pyrrole nitrogens is 1. The minimum absolute atomic E-state index is 0.450. The van der Waals surface area contributed by atoms with Gasteiger partial charge in [-0.15, -0.1) is 0 Å². The Morgan fingerprint density at radius 3 is 2.73 bits per heavy atom. The third kappa shape index (κ3) is 3.19. The maximum atomic E-state index is 5.88. The molecule has 2 N–H and O–H groups in total. The van der Waals surface area contributed by atoms with Crippen molar-refractivity contribution in [1.82, 2.24) is 15.2 Å². The molecule has 0 saturated heterocycles. The number of ether oxygens (including phenoxy) is 1. The number of nitrogens with zero attached hydrogens (tertiary/aromatic N) is 2. The second kappa shape index (κ2) is 6.05. The molecule has 22 heavy (non-hydrogen) atoms. The molecular formula is C17H20N4O. The van der Waals surface area contributed by atoms with Gasteiger partial charge in [-0.25, -0.2) is 0 Å². The number of nitrogens with one attached hydrogen (secondary N) is 2. The van der Waals surface area contributed by atoms with Crippen molar-refractivity contribution in [1.29, 1.82) is 0 Å². The van der Waals surface area contributed by atoms with Crippen LogP contribution >= 0.6 is 0 Å². The zero-order valence-electron chi connectivity index (χ0n) is 13.1. The third-order valence-corrected chi connectivity index (χ3v) is 3.22. The lowest BCUT2D eigenvalue weighted by Gasteiger charge is -2.12. The van der Waals surface area contributed by atoms with Gasteiger partial charge in [-0.2, -0.15) is 10.1 Å². The minimum Gasteiger partial charge on any atom is -0.477 e. The Labute approximate surface area is 129 Å². The summed E-state index contributed by atoms with van der Waals surface area (Å²) in [7, 11) is 0. The molecule has 0 fully saturated rings. The Bertz CT molecular complexity index is 779. The van der Waals surface area contributed by atoms with Gasteiger partial charge in [0.25, 0.3) is 0 Å². The topological polar surface area (TPSA) is 62.8 Å². The standard InChI is InChI=1S/C17H20N4O/c1-11(2)10-22-17-14-7-5-4-6-13(14)9-15(19-17)18-16-8-12(3)20-21-16/h4-9,11H,10H2,1-3H3,(H2,18,19,20,21). The smallest absolute Gasteiger partial charge is 0.223 e. The first-order valence-corrected chi connectivity index (χ1v) is 7.43. The average molecular weight is 296 g/mol. The fourth-order valence-corrected chi connectivity index (χ4v) is 2.20. The van der Waals surface area contributed by atoms with Gasteiger partial charge >= 0.3 is 0 Å². The summed E-state index contributed by atoms with van der Waals surface area (Å²) < 4.78 is 5.88. The van der Waals surface area contributed by atoms with Crippen molar-refractivity contribution in [2.75, 3.05) is 11.9 Å². The molecule has 0 spiro atoms. The van der Waals surface area contributed by atoms with Gasteiger partial charge < -0.3 is 10.1 Å². The number of rotatable bonds is 5. The fraction of sp³-hybridized carbons (Fsp3) is 0.294. The molecular weight excluding hydrogens is 276 g/mol. The molecule has 0 bridgehead atoms. The van der Waals surface area contributed by atoms with Gasteiger partial charge in [-0.05, 0) is 30.4 Å². The van der Waals surface area contributed by atoms with Gasteiger partial charge in [0.1, 0.15) is 5.82 Å². The summed E-state index contributed by atoms with van der Waals surface area (Å²) >= 11 is 0. The Morgan fingerprint density at radius 1 is 1.18 bits per heavy atom. The summed E-state index contributed by atoms with van der Waals surface area (Å²) in [6.45, 7) is 6.85. The highest BCUT2D eigenvalue weighted by molar-refractivity contribution is 5.89. The molecule has 3 rings (SSSR count). The summed E-state index contributed by atoms with van der Waals surface area (Å²) in [5.74, 6) is 2.58. The van der Waals surface area contributed by atoms with Crippen molar-refractivity contribution in [3.63, 3.8) is 0 Å². The van der Waals surface area contributed by atoms with Crippen molar-refractivity contribution in [2.24, 2.45) is 5.92 Å². The highest BCUT2D eigenvalue weighted by Crippen LogP contribution is 2.28. The normalized spacial score (nSPS) is 11.1. The van der Waals surface area contributed by atoms with Gasteiger partial charge in [0.15, 0.2) is 5.82 Å². The first kappa shape index (κ1) is 14.4. The van der Waals surface area contributed by atoms with Gasteiger partial charge in [-0.3, -0.25) is 5.10 Å². The van der Waals surface area contributed by atoms with Crippen LogP contribution in [-0.2, 0) is 0 Å². The Hall–Kier alpha value is -2.56. The Balaban J connectivity index is 1.96. The van der Waals surface area contributed by atoms with Crippen LogP contribution in [0, 0.1) is 12.8 Å². The minimum atomic E-state index is 0.450. The summed E-state index contributed by atoms with van der Waals surface area (Å²) in [6, 6.07) is 12.0. The number of anilines is 2.